The standard InChI is InChI=1S/C31H35N5O3/c1-30(19-24-21-33-27-10-4-3-9-26(24)27,35-20-23-12-14-25(15-13-23)36(38)39)29(37)34-22-31(16-6-2-7-17-31)28-11-5-8-18-32-28/h3-5,8-15,18,21,33,35H,2,6-7,16-17,19-20,22H2,1H3,(H,34,37)/t30-/m0/s1. The zero-order valence-corrected chi connectivity index (χ0v) is 22.3. The highest BCUT2D eigenvalue weighted by atomic mass is 16.6. The molecule has 0 aliphatic heterocycles. The maximum atomic E-state index is 14.0. The fourth-order valence-corrected chi connectivity index (χ4v) is 5.79. The van der Waals surface area contributed by atoms with Crippen LogP contribution in [0, 0.1) is 10.1 Å². The molecule has 0 spiro atoms. The van der Waals surface area contributed by atoms with E-state index in [0.29, 0.717) is 19.5 Å². The summed E-state index contributed by atoms with van der Waals surface area (Å²) in [5, 5.41) is 19.0. The average Bonchev–Trinajstić information content (AvgIpc) is 3.38. The molecule has 1 amide bonds. The molecule has 0 bridgehead atoms. The predicted octanol–water partition coefficient (Wildman–Crippen LogP) is 5.58. The summed E-state index contributed by atoms with van der Waals surface area (Å²) in [6.07, 6.45) is 9.74. The van der Waals surface area contributed by atoms with Crippen LogP contribution in [-0.2, 0) is 23.2 Å². The molecular formula is C31H35N5O3. The number of amides is 1. The van der Waals surface area contributed by atoms with Crippen LogP contribution in [-0.4, -0.2) is 32.9 Å². The van der Waals surface area contributed by atoms with Crippen LogP contribution in [0.4, 0.5) is 5.69 Å². The molecule has 202 valence electrons. The molecule has 2 aromatic carbocycles. The van der Waals surface area contributed by atoms with Gasteiger partial charge in [0.2, 0.25) is 5.91 Å². The Morgan fingerprint density at radius 2 is 1.79 bits per heavy atom. The number of rotatable bonds is 10. The molecule has 39 heavy (non-hydrogen) atoms. The molecule has 0 radical (unpaired) electrons. The van der Waals surface area contributed by atoms with E-state index in [4.69, 9.17) is 0 Å². The number of nitro groups is 1. The van der Waals surface area contributed by atoms with Crippen molar-refractivity contribution in [1.29, 1.82) is 0 Å². The van der Waals surface area contributed by atoms with E-state index < -0.39 is 10.5 Å². The van der Waals surface area contributed by atoms with Crippen molar-refractivity contribution in [2.75, 3.05) is 6.54 Å². The lowest BCUT2D eigenvalue weighted by Gasteiger charge is -2.38. The van der Waals surface area contributed by atoms with Crippen molar-refractivity contribution < 1.29 is 9.72 Å². The number of aromatic nitrogens is 2. The number of aromatic amines is 1. The smallest absolute Gasteiger partial charge is 0.269 e. The van der Waals surface area contributed by atoms with Gasteiger partial charge in [-0.05, 0) is 49.1 Å². The first-order chi connectivity index (χ1) is 18.9. The van der Waals surface area contributed by atoms with Crippen LogP contribution in [0.15, 0.2) is 79.1 Å². The molecule has 1 aliphatic rings. The first-order valence-electron chi connectivity index (χ1n) is 13.6. The van der Waals surface area contributed by atoms with Crippen molar-refractivity contribution in [1.82, 2.24) is 20.6 Å². The lowest BCUT2D eigenvalue weighted by Crippen LogP contribution is -2.58. The molecule has 2 heterocycles. The summed E-state index contributed by atoms with van der Waals surface area (Å²) in [7, 11) is 0. The SMILES string of the molecule is C[C@@](Cc1c[nH]c2ccccc12)(NCc1ccc([N+](=O)[O-])cc1)C(=O)NCC1(c2ccccn2)CCCCC1. The monoisotopic (exact) mass is 525 g/mol. The highest BCUT2D eigenvalue weighted by Crippen LogP contribution is 2.38. The van der Waals surface area contributed by atoms with Gasteiger partial charge in [-0.3, -0.25) is 25.2 Å². The summed E-state index contributed by atoms with van der Waals surface area (Å²) in [4.78, 5) is 32.7. The van der Waals surface area contributed by atoms with E-state index in [1.165, 1.54) is 18.6 Å². The second-order valence-corrected chi connectivity index (χ2v) is 10.9. The van der Waals surface area contributed by atoms with Crippen LogP contribution in [0.3, 0.4) is 0 Å². The van der Waals surface area contributed by atoms with Gasteiger partial charge >= 0.3 is 0 Å². The minimum Gasteiger partial charge on any atom is -0.361 e. The lowest BCUT2D eigenvalue weighted by molar-refractivity contribution is -0.384. The summed E-state index contributed by atoms with van der Waals surface area (Å²) in [6.45, 7) is 2.87. The Morgan fingerprint density at radius 3 is 2.51 bits per heavy atom. The Hall–Kier alpha value is -4.04. The number of hydrogen-bond donors (Lipinski definition) is 3. The Morgan fingerprint density at radius 1 is 1.05 bits per heavy atom. The number of para-hydroxylation sites is 1. The number of benzene rings is 2. The van der Waals surface area contributed by atoms with E-state index in [9.17, 15) is 14.9 Å². The highest BCUT2D eigenvalue weighted by Gasteiger charge is 2.39. The fourth-order valence-electron chi connectivity index (χ4n) is 5.79. The molecule has 1 atom stereocenters. The molecule has 4 aromatic rings. The molecule has 0 unspecified atom stereocenters. The minimum absolute atomic E-state index is 0.0466. The van der Waals surface area contributed by atoms with E-state index in [1.807, 2.05) is 49.6 Å². The maximum absolute atomic E-state index is 14.0. The molecular weight excluding hydrogens is 490 g/mol. The second kappa shape index (κ2) is 11.4. The van der Waals surface area contributed by atoms with Gasteiger partial charge in [-0.25, -0.2) is 0 Å². The number of pyridine rings is 1. The van der Waals surface area contributed by atoms with Gasteiger partial charge in [-0.15, -0.1) is 0 Å². The largest absolute Gasteiger partial charge is 0.361 e. The van der Waals surface area contributed by atoms with Crippen molar-refractivity contribution in [2.24, 2.45) is 0 Å². The van der Waals surface area contributed by atoms with Gasteiger partial charge in [0.1, 0.15) is 0 Å². The summed E-state index contributed by atoms with van der Waals surface area (Å²) in [6, 6.07) is 20.6. The molecule has 3 N–H and O–H groups in total. The first-order valence-corrected chi connectivity index (χ1v) is 13.6. The number of carbonyl (C=O) groups is 1. The molecule has 1 aliphatic carbocycles. The lowest BCUT2D eigenvalue weighted by atomic mass is 9.71. The third-order valence-electron chi connectivity index (χ3n) is 8.16. The van der Waals surface area contributed by atoms with Gasteiger partial charge in [-0.2, -0.15) is 0 Å². The van der Waals surface area contributed by atoms with Crippen LogP contribution in [0.1, 0.15) is 55.8 Å². The zero-order chi connectivity index (χ0) is 27.3. The van der Waals surface area contributed by atoms with Gasteiger partial charge in [0.25, 0.3) is 5.69 Å². The third kappa shape index (κ3) is 5.86. The van der Waals surface area contributed by atoms with Gasteiger partial charge < -0.3 is 10.3 Å². The van der Waals surface area contributed by atoms with Crippen LogP contribution in [0.2, 0.25) is 0 Å². The van der Waals surface area contributed by atoms with Crippen LogP contribution < -0.4 is 10.6 Å². The van der Waals surface area contributed by atoms with E-state index in [1.54, 1.807) is 12.1 Å². The first kappa shape index (κ1) is 26.6. The molecule has 2 aromatic heterocycles. The number of H-pyrrole nitrogens is 1. The quantitative estimate of drug-likeness (QED) is 0.185. The van der Waals surface area contributed by atoms with Crippen molar-refractivity contribution in [3.8, 4) is 0 Å². The summed E-state index contributed by atoms with van der Waals surface area (Å²) in [5.41, 5.74) is 2.95. The summed E-state index contributed by atoms with van der Waals surface area (Å²) in [5.74, 6) is -0.0735. The molecule has 0 saturated heterocycles. The van der Waals surface area contributed by atoms with Crippen molar-refractivity contribution in [2.45, 2.75) is 62.9 Å². The zero-order valence-electron chi connectivity index (χ0n) is 22.3. The number of hydrogen-bond acceptors (Lipinski definition) is 5. The van der Waals surface area contributed by atoms with E-state index in [-0.39, 0.29) is 17.0 Å². The minimum atomic E-state index is -0.924. The number of fused-ring (bicyclic) bond motifs is 1. The van der Waals surface area contributed by atoms with Crippen LogP contribution in [0.5, 0.6) is 0 Å². The fraction of sp³-hybridized carbons (Fsp3) is 0.355. The Labute approximate surface area is 228 Å². The van der Waals surface area contributed by atoms with Crippen LogP contribution >= 0.6 is 0 Å². The second-order valence-electron chi connectivity index (χ2n) is 10.9. The Balaban J connectivity index is 1.39. The average molecular weight is 526 g/mol. The summed E-state index contributed by atoms with van der Waals surface area (Å²) >= 11 is 0. The van der Waals surface area contributed by atoms with Crippen molar-refractivity contribution >= 4 is 22.5 Å². The number of carbonyl (C=O) groups excluding carboxylic acids is 1. The van der Waals surface area contributed by atoms with Gasteiger partial charge in [-0.1, -0.05) is 55.7 Å². The normalized spacial score (nSPS) is 16.4. The molecule has 1 fully saturated rings. The van der Waals surface area contributed by atoms with E-state index in [2.05, 4.69) is 32.7 Å². The predicted molar refractivity (Wildman–Crippen MR) is 152 cm³/mol. The number of nitrogens with one attached hydrogen (secondary N) is 3. The van der Waals surface area contributed by atoms with Crippen molar-refractivity contribution in [3.05, 3.63) is 106 Å². The molecule has 1 saturated carbocycles. The highest BCUT2D eigenvalue weighted by molar-refractivity contribution is 5.89. The van der Waals surface area contributed by atoms with E-state index in [0.717, 1.165) is 53.4 Å². The molecule has 8 nitrogen and oxygen atoms in total. The number of non-ortho nitro benzene ring substituents is 1. The van der Waals surface area contributed by atoms with Gasteiger partial charge in [0.15, 0.2) is 0 Å². The van der Waals surface area contributed by atoms with Crippen molar-refractivity contribution in [3.63, 3.8) is 0 Å². The van der Waals surface area contributed by atoms with Gasteiger partial charge in [0.05, 0.1) is 10.5 Å². The summed E-state index contributed by atoms with van der Waals surface area (Å²) < 4.78 is 0. The third-order valence-corrected chi connectivity index (χ3v) is 8.16. The molecule has 5 rings (SSSR count). The van der Waals surface area contributed by atoms with Crippen LogP contribution in [0.25, 0.3) is 10.9 Å². The maximum Gasteiger partial charge on any atom is 0.269 e. The Kier molecular flexibility index (Phi) is 7.74. The van der Waals surface area contributed by atoms with Gasteiger partial charge in [0, 0.05) is 66.0 Å². The molecule has 8 heteroatoms. The number of nitro benzene ring substituents is 1. The van der Waals surface area contributed by atoms with E-state index >= 15 is 0 Å². The Bertz CT molecular complexity index is 1430. The topological polar surface area (TPSA) is 113 Å². The number of nitrogens with zero attached hydrogens (tertiary/aromatic N) is 2.